The van der Waals surface area contributed by atoms with Crippen LogP contribution in [0.5, 0.6) is 0 Å². The molecule has 16 heavy (non-hydrogen) atoms. The van der Waals surface area contributed by atoms with Crippen molar-refractivity contribution in [3.8, 4) is 0 Å². The number of piperidine rings is 1. The lowest BCUT2D eigenvalue weighted by atomic mass is 9.98. The van der Waals surface area contributed by atoms with Crippen molar-refractivity contribution in [1.29, 1.82) is 0 Å². The summed E-state index contributed by atoms with van der Waals surface area (Å²) in [5, 5.41) is 7.41. The van der Waals surface area contributed by atoms with Gasteiger partial charge in [-0.05, 0) is 24.4 Å². The van der Waals surface area contributed by atoms with Crippen LogP contribution in [-0.4, -0.2) is 34.2 Å². The van der Waals surface area contributed by atoms with E-state index in [9.17, 15) is 4.79 Å². The third-order valence-corrected chi connectivity index (χ3v) is 2.83. The number of aromatic nitrogens is 3. The number of nitrogens with zero attached hydrogens (tertiary/aromatic N) is 4. The first-order chi connectivity index (χ1) is 7.66. The van der Waals surface area contributed by atoms with Gasteiger partial charge in [0.2, 0.25) is 11.2 Å². The van der Waals surface area contributed by atoms with Crippen molar-refractivity contribution in [3.05, 3.63) is 11.5 Å². The van der Waals surface area contributed by atoms with Crippen LogP contribution in [0.25, 0.3) is 0 Å². The second-order valence-corrected chi connectivity index (χ2v) is 4.11. The maximum absolute atomic E-state index is 11.1. The average molecular weight is 242 g/mol. The molecule has 0 spiro atoms. The Labute approximate surface area is 97.8 Å². The van der Waals surface area contributed by atoms with Gasteiger partial charge >= 0.3 is 0 Å². The number of carbonyl (C=O) groups excluding carboxylic acids is 1. The first-order valence-corrected chi connectivity index (χ1v) is 5.44. The van der Waals surface area contributed by atoms with Crippen LogP contribution in [0.15, 0.2) is 6.20 Å². The molecule has 0 aliphatic carbocycles. The highest BCUT2D eigenvalue weighted by Crippen LogP contribution is 2.21. The standard InChI is InChI=1S/C9H12ClN5O/c10-9-13-7(4-12-14-9)15-3-1-2-6(5-15)8(11)16/h4,6H,1-3,5H2,(H2,11,16). The van der Waals surface area contributed by atoms with Crippen LogP contribution in [0.2, 0.25) is 5.28 Å². The van der Waals surface area contributed by atoms with Gasteiger partial charge in [0, 0.05) is 13.1 Å². The first-order valence-electron chi connectivity index (χ1n) is 5.06. The zero-order valence-electron chi connectivity index (χ0n) is 8.64. The smallest absolute Gasteiger partial charge is 0.244 e. The Hall–Kier alpha value is -1.43. The second kappa shape index (κ2) is 4.61. The quantitative estimate of drug-likeness (QED) is 0.801. The van der Waals surface area contributed by atoms with E-state index in [0.29, 0.717) is 12.4 Å². The fourth-order valence-electron chi connectivity index (χ4n) is 1.84. The molecule has 7 heteroatoms. The molecule has 1 aromatic rings. The summed E-state index contributed by atoms with van der Waals surface area (Å²) >= 11 is 5.66. The molecule has 2 N–H and O–H groups in total. The van der Waals surface area contributed by atoms with Crippen LogP contribution >= 0.6 is 11.6 Å². The van der Waals surface area contributed by atoms with E-state index in [2.05, 4.69) is 15.2 Å². The van der Waals surface area contributed by atoms with E-state index in [1.807, 2.05) is 4.90 Å². The van der Waals surface area contributed by atoms with Crippen molar-refractivity contribution >= 4 is 23.3 Å². The Morgan fingerprint density at radius 2 is 2.44 bits per heavy atom. The number of amides is 1. The molecule has 86 valence electrons. The Balaban J connectivity index is 2.12. The molecule has 0 saturated carbocycles. The average Bonchev–Trinajstić information content (AvgIpc) is 2.29. The largest absolute Gasteiger partial charge is 0.369 e. The monoisotopic (exact) mass is 241 g/mol. The molecule has 1 atom stereocenters. The fourth-order valence-corrected chi connectivity index (χ4v) is 1.97. The Kier molecular flexibility index (Phi) is 3.19. The van der Waals surface area contributed by atoms with Crippen LogP contribution in [-0.2, 0) is 4.79 Å². The summed E-state index contributed by atoms with van der Waals surface area (Å²) < 4.78 is 0. The zero-order chi connectivity index (χ0) is 11.5. The fraction of sp³-hybridized carbons (Fsp3) is 0.556. The number of hydrogen-bond donors (Lipinski definition) is 1. The number of halogens is 1. The van der Waals surface area contributed by atoms with Crippen molar-refractivity contribution in [2.75, 3.05) is 18.0 Å². The number of rotatable bonds is 2. The molecule has 1 aromatic heterocycles. The molecule has 1 saturated heterocycles. The molecule has 6 nitrogen and oxygen atoms in total. The van der Waals surface area contributed by atoms with E-state index in [-0.39, 0.29) is 17.1 Å². The summed E-state index contributed by atoms with van der Waals surface area (Å²) in [6.07, 6.45) is 3.28. The molecule has 2 heterocycles. The normalized spacial score (nSPS) is 20.8. The van der Waals surface area contributed by atoms with Crippen LogP contribution in [0.3, 0.4) is 0 Å². The molecule has 0 bridgehead atoms. The zero-order valence-corrected chi connectivity index (χ0v) is 9.39. The Morgan fingerprint density at radius 1 is 1.62 bits per heavy atom. The lowest BCUT2D eigenvalue weighted by molar-refractivity contribution is -0.122. The molecule has 0 aromatic carbocycles. The minimum absolute atomic E-state index is 0.110. The summed E-state index contributed by atoms with van der Waals surface area (Å²) in [7, 11) is 0. The van der Waals surface area contributed by atoms with Crippen LogP contribution in [0, 0.1) is 5.92 Å². The summed E-state index contributed by atoms with van der Waals surface area (Å²) in [6, 6.07) is 0. The summed E-state index contributed by atoms with van der Waals surface area (Å²) in [4.78, 5) is 17.1. The minimum atomic E-state index is -0.266. The second-order valence-electron chi connectivity index (χ2n) is 3.77. The third kappa shape index (κ3) is 2.38. The van der Waals surface area contributed by atoms with Gasteiger partial charge in [0.15, 0.2) is 5.82 Å². The van der Waals surface area contributed by atoms with Gasteiger partial charge in [-0.2, -0.15) is 10.1 Å². The topological polar surface area (TPSA) is 85.0 Å². The van der Waals surface area contributed by atoms with Gasteiger partial charge in [-0.1, -0.05) is 0 Å². The van der Waals surface area contributed by atoms with Gasteiger partial charge in [-0.25, -0.2) is 0 Å². The maximum Gasteiger partial charge on any atom is 0.244 e. The van der Waals surface area contributed by atoms with E-state index in [1.54, 1.807) is 0 Å². The molecule has 1 fully saturated rings. The van der Waals surface area contributed by atoms with Gasteiger partial charge in [0.05, 0.1) is 12.1 Å². The number of nitrogens with two attached hydrogens (primary N) is 1. The molecular weight excluding hydrogens is 230 g/mol. The Morgan fingerprint density at radius 3 is 3.12 bits per heavy atom. The van der Waals surface area contributed by atoms with Crippen molar-refractivity contribution < 1.29 is 4.79 Å². The highest BCUT2D eigenvalue weighted by atomic mass is 35.5. The van der Waals surface area contributed by atoms with E-state index in [0.717, 1.165) is 19.4 Å². The third-order valence-electron chi connectivity index (χ3n) is 2.67. The lowest BCUT2D eigenvalue weighted by Crippen LogP contribution is -2.41. The molecule has 1 aliphatic rings. The van der Waals surface area contributed by atoms with Crippen LogP contribution in [0.1, 0.15) is 12.8 Å². The van der Waals surface area contributed by atoms with E-state index in [4.69, 9.17) is 17.3 Å². The molecule has 0 radical (unpaired) electrons. The van der Waals surface area contributed by atoms with Crippen molar-refractivity contribution in [2.24, 2.45) is 11.7 Å². The first kappa shape index (κ1) is 11.1. The lowest BCUT2D eigenvalue weighted by Gasteiger charge is -2.31. The number of primary amides is 1. The van der Waals surface area contributed by atoms with Gasteiger partial charge < -0.3 is 10.6 Å². The van der Waals surface area contributed by atoms with Gasteiger partial charge in [-0.3, -0.25) is 4.79 Å². The highest BCUT2D eigenvalue weighted by molar-refractivity contribution is 6.28. The Bertz CT molecular complexity index is 399. The summed E-state index contributed by atoms with van der Waals surface area (Å²) in [5.41, 5.74) is 5.30. The van der Waals surface area contributed by atoms with E-state index < -0.39 is 0 Å². The molecule has 1 unspecified atom stereocenters. The van der Waals surface area contributed by atoms with Crippen molar-refractivity contribution in [3.63, 3.8) is 0 Å². The molecule has 1 aliphatic heterocycles. The predicted molar refractivity (Wildman–Crippen MR) is 59.0 cm³/mol. The van der Waals surface area contributed by atoms with Crippen LogP contribution in [0.4, 0.5) is 5.82 Å². The van der Waals surface area contributed by atoms with Gasteiger partial charge in [0.25, 0.3) is 0 Å². The summed E-state index contributed by atoms with van der Waals surface area (Å²) in [5.74, 6) is 0.256. The maximum atomic E-state index is 11.1. The van der Waals surface area contributed by atoms with Crippen molar-refractivity contribution in [2.45, 2.75) is 12.8 Å². The van der Waals surface area contributed by atoms with Gasteiger partial charge in [0.1, 0.15) is 0 Å². The SMILES string of the molecule is NC(=O)C1CCCN(c2cnnc(Cl)n2)C1. The molecular formula is C9H12ClN5O. The number of carbonyl (C=O) groups is 1. The highest BCUT2D eigenvalue weighted by Gasteiger charge is 2.24. The van der Waals surface area contributed by atoms with E-state index in [1.165, 1.54) is 6.20 Å². The summed E-state index contributed by atoms with van der Waals surface area (Å²) in [6.45, 7) is 1.41. The van der Waals surface area contributed by atoms with Gasteiger partial charge in [-0.15, -0.1) is 5.10 Å². The molecule has 2 rings (SSSR count). The van der Waals surface area contributed by atoms with Crippen molar-refractivity contribution in [1.82, 2.24) is 15.2 Å². The van der Waals surface area contributed by atoms with Crippen LogP contribution < -0.4 is 10.6 Å². The van der Waals surface area contributed by atoms with E-state index >= 15 is 0 Å². The number of hydrogen-bond acceptors (Lipinski definition) is 5. The predicted octanol–water partition coefficient (Wildman–Crippen LogP) is 0.227. The number of anilines is 1. The molecule has 1 amide bonds. The minimum Gasteiger partial charge on any atom is -0.369 e.